The van der Waals surface area contributed by atoms with Crippen LogP contribution in [0.3, 0.4) is 0 Å². The van der Waals surface area contributed by atoms with Gasteiger partial charge < -0.3 is 5.73 Å². The minimum absolute atomic E-state index is 0.214. The van der Waals surface area contributed by atoms with Crippen molar-refractivity contribution >= 4 is 16.9 Å². The van der Waals surface area contributed by atoms with E-state index in [0.717, 1.165) is 5.39 Å². The van der Waals surface area contributed by atoms with Gasteiger partial charge in [-0.05, 0) is 24.1 Å². The molecule has 0 aliphatic rings. The third-order valence-corrected chi connectivity index (χ3v) is 2.19. The Labute approximate surface area is 80.8 Å². The number of aryl methyl sites for hydroxylation is 1. The highest BCUT2D eigenvalue weighted by molar-refractivity contribution is 5.82. The van der Waals surface area contributed by atoms with Crippen LogP contribution in [0.25, 0.3) is 10.9 Å². The summed E-state index contributed by atoms with van der Waals surface area (Å²) in [5.74, 6) is -0.000433. The van der Waals surface area contributed by atoms with Crippen molar-refractivity contribution < 1.29 is 4.39 Å². The van der Waals surface area contributed by atoms with E-state index in [1.165, 1.54) is 6.07 Å². The van der Waals surface area contributed by atoms with Gasteiger partial charge in [-0.3, -0.25) is 0 Å². The zero-order valence-corrected chi connectivity index (χ0v) is 7.79. The molecule has 0 amide bonds. The summed E-state index contributed by atoms with van der Waals surface area (Å²) >= 11 is 0. The van der Waals surface area contributed by atoms with Crippen LogP contribution < -0.4 is 5.73 Å². The maximum absolute atomic E-state index is 13.3. The van der Waals surface area contributed by atoms with Gasteiger partial charge >= 0.3 is 0 Å². The van der Waals surface area contributed by atoms with Crippen LogP contribution in [0.5, 0.6) is 0 Å². The van der Waals surface area contributed by atoms with Crippen LogP contribution in [0.4, 0.5) is 10.3 Å². The van der Waals surface area contributed by atoms with Crippen LogP contribution in [0, 0.1) is 5.82 Å². The first kappa shape index (κ1) is 8.87. The largest absolute Gasteiger partial charge is 0.368 e. The lowest BCUT2D eigenvalue weighted by Gasteiger charge is -2.04. The Bertz CT molecular complexity index is 482. The molecule has 3 nitrogen and oxygen atoms in total. The molecule has 0 unspecified atom stereocenters. The summed E-state index contributed by atoms with van der Waals surface area (Å²) in [6, 6.07) is 3.02. The van der Waals surface area contributed by atoms with Crippen molar-refractivity contribution in [3.05, 3.63) is 29.7 Å². The zero-order valence-electron chi connectivity index (χ0n) is 7.79. The summed E-state index contributed by atoms with van der Waals surface area (Å²) in [4.78, 5) is 7.88. The van der Waals surface area contributed by atoms with Crippen molar-refractivity contribution in [3.63, 3.8) is 0 Å². The lowest BCUT2D eigenvalue weighted by molar-refractivity contribution is 0.615. The highest BCUT2D eigenvalue weighted by Gasteiger charge is 2.06. The number of rotatable bonds is 1. The molecule has 0 aliphatic carbocycles. The van der Waals surface area contributed by atoms with Gasteiger partial charge in [-0.25, -0.2) is 14.4 Å². The molecule has 2 aromatic rings. The molecule has 1 heterocycles. The second-order valence-electron chi connectivity index (χ2n) is 3.04. The Balaban J connectivity index is 2.82. The SMILES string of the molecule is CCc1c(F)ccc2nc(N)ncc12. The maximum Gasteiger partial charge on any atom is 0.220 e. The van der Waals surface area contributed by atoms with Gasteiger partial charge in [0.1, 0.15) is 5.82 Å². The molecule has 0 spiro atoms. The molecule has 0 saturated carbocycles. The fourth-order valence-corrected chi connectivity index (χ4v) is 1.51. The molecule has 0 radical (unpaired) electrons. The first-order valence-electron chi connectivity index (χ1n) is 4.42. The quantitative estimate of drug-likeness (QED) is 0.749. The minimum atomic E-state index is -0.214. The summed E-state index contributed by atoms with van der Waals surface area (Å²) in [6.45, 7) is 1.90. The molecule has 2 N–H and O–H groups in total. The first-order chi connectivity index (χ1) is 6.72. The molecule has 4 heteroatoms. The van der Waals surface area contributed by atoms with Crippen molar-refractivity contribution in [1.29, 1.82) is 0 Å². The van der Waals surface area contributed by atoms with Crippen LogP contribution in [-0.4, -0.2) is 9.97 Å². The number of fused-ring (bicyclic) bond motifs is 1. The third-order valence-electron chi connectivity index (χ3n) is 2.19. The first-order valence-corrected chi connectivity index (χ1v) is 4.42. The van der Waals surface area contributed by atoms with E-state index in [0.29, 0.717) is 17.5 Å². The van der Waals surface area contributed by atoms with Gasteiger partial charge in [0, 0.05) is 11.6 Å². The van der Waals surface area contributed by atoms with Crippen LogP contribution in [0.15, 0.2) is 18.3 Å². The number of hydrogen-bond donors (Lipinski definition) is 1. The van der Waals surface area contributed by atoms with E-state index in [9.17, 15) is 4.39 Å². The molecular formula is C10H10FN3. The number of nitrogens with zero attached hydrogens (tertiary/aromatic N) is 2. The summed E-state index contributed by atoms with van der Waals surface area (Å²) in [5.41, 5.74) is 6.77. The molecule has 0 bridgehead atoms. The van der Waals surface area contributed by atoms with Crippen LogP contribution in [-0.2, 0) is 6.42 Å². The predicted molar refractivity (Wildman–Crippen MR) is 53.3 cm³/mol. The highest BCUT2D eigenvalue weighted by Crippen LogP contribution is 2.20. The lowest BCUT2D eigenvalue weighted by Crippen LogP contribution is -1.97. The second kappa shape index (κ2) is 3.21. The van der Waals surface area contributed by atoms with Gasteiger partial charge in [-0.2, -0.15) is 0 Å². The Hall–Kier alpha value is -1.71. The fourth-order valence-electron chi connectivity index (χ4n) is 1.51. The van der Waals surface area contributed by atoms with E-state index < -0.39 is 0 Å². The number of nitrogen functional groups attached to an aromatic ring is 1. The van der Waals surface area contributed by atoms with Crippen LogP contribution in [0.1, 0.15) is 12.5 Å². The van der Waals surface area contributed by atoms with E-state index in [1.807, 2.05) is 6.92 Å². The fraction of sp³-hybridized carbons (Fsp3) is 0.200. The number of hydrogen-bond acceptors (Lipinski definition) is 3. The minimum Gasteiger partial charge on any atom is -0.368 e. The van der Waals surface area contributed by atoms with Crippen molar-refractivity contribution in [1.82, 2.24) is 9.97 Å². The molecule has 0 atom stereocenters. The Morgan fingerprint density at radius 3 is 2.93 bits per heavy atom. The van der Waals surface area contributed by atoms with E-state index in [2.05, 4.69) is 9.97 Å². The predicted octanol–water partition coefficient (Wildman–Crippen LogP) is 1.91. The van der Waals surface area contributed by atoms with E-state index in [1.54, 1.807) is 12.3 Å². The van der Waals surface area contributed by atoms with Crippen molar-refractivity contribution in [2.24, 2.45) is 0 Å². The third kappa shape index (κ3) is 1.28. The van der Waals surface area contributed by atoms with Crippen LogP contribution in [0.2, 0.25) is 0 Å². The summed E-state index contributed by atoms with van der Waals surface area (Å²) < 4.78 is 13.3. The lowest BCUT2D eigenvalue weighted by atomic mass is 10.1. The molecule has 2 rings (SSSR count). The normalized spacial score (nSPS) is 10.7. The average Bonchev–Trinajstić information content (AvgIpc) is 2.18. The Morgan fingerprint density at radius 1 is 1.43 bits per heavy atom. The molecule has 0 saturated heterocycles. The average molecular weight is 191 g/mol. The second-order valence-corrected chi connectivity index (χ2v) is 3.04. The number of halogens is 1. The molecular weight excluding hydrogens is 181 g/mol. The van der Waals surface area contributed by atoms with Gasteiger partial charge in [-0.1, -0.05) is 6.92 Å². The monoisotopic (exact) mass is 191 g/mol. The smallest absolute Gasteiger partial charge is 0.220 e. The molecule has 0 aliphatic heterocycles. The highest BCUT2D eigenvalue weighted by atomic mass is 19.1. The summed E-state index contributed by atoms with van der Waals surface area (Å²) in [5, 5.41) is 0.738. The van der Waals surface area contributed by atoms with Crippen LogP contribution >= 0.6 is 0 Å². The van der Waals surface area contributed by atoms with E-state index in [-0.39, 0.29) is 11.8 Å². The number of aromatic nitrogens is 2. The number of benzene rings is 1. The van der Waals surface area contributed by atoms with Crippen molar-refractivity contribution in [2.45, 2.75) is 13.3 Å². The number of anilines is 1. The van der Waals surface area contributed by atoms with Crippen molar-refractivity contribution in [3.8, 4) is 0 Å². The van der Waals surface area contributed by atoms with E-state index in [4.69, 9.17) is 5.73 Å². The molecule has 72 valence electrons. The van der Waals surface area contributed by atoms with Gasteiger partial charge in [0.2, 0.25) is 5.95 Å². The van der Waals surface area contributed by atoms with Gasteiger partial charge in [0.05, 0.1) is 5.52 Å². The summed E-state index contributed by atoms with van der Waals surface area (Å²) in [7, 11) is 0. The standard InChI is InChI=1S/C10H10FN3/c1-2-6-7-5-13-10(12)14-9(7)4-3-8(6)11/h3-5H,2H2,1H3,(H2,12,13,14). The number of nitrogens with two attached hydrogens (primary N) is 1. The topological polar surface area (TPSA) is 51.8 Å². The molecule has 1 aromatic heterocycles. The molecule has 14 heavy (non-hydrogen) atoms. The molecule has 1 aromatic carbocycles. The summed E-state index contributed by atoms with van der Waals surface area (Å²) in [6.07, 6.45) is 2.19. The van der Waals surface area contributed by atoms with E-state index >= 15 is 0 Å². The Morgan fingerprint density at radius 2 is 2.21 bits per heavy atom. The van der Waals surface area contributed by atoms with Gasteiger partial charge in [0.25, 0.3) is 0 Å². The van der Waals surface area contributed by atoms with Gasteiger partial charge in [-0.15, -0.1) is 0 Å². The zero-order chi connectivity index (χ0) is 10.1. The maximum atomic E-state index is 13.3. The molecule has 0 fully saturated rings. The Kier molecular flexibility index (Phi) is 2.04. The van der Waals surface area contributed by atoms with Crippen molar-refractivity contribution in [2.75, 3.05) is 5.73 Å². The van der Waals surface area contributed by atoms with Gasteiger partial charge in [0.15, 0.2) is 0 Å².